The highest BCUT2D eigenvalue weighted by atomic mass is 35.5. The second kappa shape index (κ2) is 6.12. The quantitative estimate of drug-likeness (QED) is 0.944. The summed E-state index contributed by atoms with van der Waals surface area (Å²) in [6.07, 6.45) is 3.29. The molecule has 110 valence electrons. The summed E-state index contributed by atoms with van der Waals surface area (Å²) < 4.78 is 0. The van der Waals surface area contributed by atoms with Crippen molar-refractivity contribution in [2.24, 2.45) is 5.92 Å². The summed E-state index contributed by atoms with van der Waals surface area (Å²) >= 11 is 6.27. The van der Waals surface area contributed by atoms with E-state index in [2.05, 4.69) is 12.2 Å². The predicted molar refractivity (Wildman–Crippen MR) is 86.7 cm³/mol. The third kappa shape index (κ3) is 2.94. The number of halogens is 1. The van der Waals surface area contributed by atoms with Gasteiger partial charge in [0.25, 0.3) is 0 Å². The first-order chi connectivity index (χ1) is 10.2. The molecule has 0 aliphatic heterocycles. The number of hydrogen-bond donors (Lipinski definition) is 1. The Labute approximate surface area is 130 Å². The number of fused-ring (bicyclic) bond motifs is 1. The van der Waals surface area contributed by atoms with E-state index in [9.17, 15) is 0 Å². The zero-order valence-corrected chi connectivity index (χ0v) is 13.2. The molecule has 4 heteroatoms. The molecule has 21 heavy (non-hydrogen) atoms. The van der Waals surface area contributed by atoms with E-state index in [0.29, 0.717) is 10.9 Å². The topological polar surface area (TPSA) is 37.8 Å². The van der Waals surface area contributed by atoms with Gasteiger partial charge in [0, 0.05) is 17.0 Å². The molecule has 1 aliphatic rings. The lowest BCUT2D eigenvalue weighted by Crippen LogP contribution is -2.26. The van der Waals surface area contributed by atoms with Crippen molar-refractivity contribution < 1.29 is 0 Å². The van der Waals surface area contributed by atoms with Gasteiger partial charge in [0.1, 0.15) is 0 Å². The van der Waals surface area contributed by atoms with E-state index < -0.39 is 0 Å². The maximum atomic E-state index is 6.27. The summed E-state index contributed by atoms with van der Waals surface area (Å²) in [4.78, 5) is 9.48. The van der Waals surface area contributed by atoms with Crippen LogP contribution < -0.4 is 5.32 Å². The van der Waals surface area contributed by atoms with Crippen molar-refractivity contribution >= 4 is 11.6 Å². The fourth-order valence-corrected chi connectivity index (χ4v) is 3.31. The number of nitrogens with zero attached hydrogens (tertiary/aromatic N) is 2. The van der Waals surface area contributed by atoms with Crippen LogP contribution in [0.25, 0.3) is 11.4 Å². The van der Waals surface area contributed by atoms with Crippen LogP contribution in [0.3, 0.4) is 0 Å². The second-order valence-electron chi connectivity index (χ2n) is 5.70. The van der Waals surface area contributed by atoms with Crippen molar-refractivity contribution in [3.05, 3.63) is 46.2 Å². The Bertz CT molecular complexity index is 654. The molecule has 1 aliphatic carbocycles. The smallest absolute Gasteiger partial charge is 0.161 e. The Morgan fingerprint density at radius 1 is 1.29 bits per heavy atom. The monoisotopic (exact) mass is 301 g/mol. The highest BCUT2D eigenvalue weighted by Gasteiger charge is 2.22. The molecule has 0 bridgehead atoms. The minimum atomic E-state index is 0.691. The molecule has 1 aromatic heterocycles. The molecule has 3 nitrogen and oxygen atoms in total. The van der Waals surface area contributed by atoms with E-state index in [1.807, 2.05) is 31.3 Å². The average Bonchev–Trinajstić information content (AvgIpc) is 2.48. The number of nitrogens with one attached hydrogen (secondary N) is 1. The highest BCUT2D eigenvalue weighted by molar-refractivity contribution is 6.33. The molecule has 0 saturated carbocycles. The molecule has 0 saturated heterocycles. The molecular formula is C17H20ClN3. The standard InChI is InChI=1S/C17H20ClN3/c1-11-14-9-12(10-19-2)7-8-16(14)21-17(20-11)13-5-3-4-6-15(13)18/h3-6,12,19H,7-10H2,1-2H3. The predicted octanol–water partition coefficient (Wildman–Crippen LogP) is 3.43. The fraction of sp³-hybridized carbons (Fsp3) is 0.412. The van der Waals surface area contributed by atoms with E-state index in [1.54, 1.807) is 0 Å². The van der Waals surface area contributed by atoms with Crippen LogP contribution in [0.2, 0.25) is 5.02 Å². The Kier molecular flexibility index (Phi) is 4.22. The van der Waals surface area contributed by atoms with E-state index in [0.717, 1.165) is 36.5 Å². The summed E-state index contributed by atoms with van der Waals surface area (Å²) in [5, 5.41) is 3.98. The summed E-state index contributed by atoms with van der Waals surface area (Å²) in [6, 6.07) is 7.77. The lowest BCUT2D eigenvalue weighted by molar-refractivity contribution is 0.433. The van der Waals surface area contributed by atoms with Crippen LogP contribution in [0.15, 0.2) is 24.3 Å². The zero-order valence-electron chi connectivity index (χ0n) is 12.5. The molecule has 1 atom stereocenters. The molecular weight excluding hydrogens is 282 g/mol. The van der Waals surface area contributed by atoms with Gasteiger partial charge in [0.05, 0.1) is 5.02 Å². The van der Waals surface area contributed by atoms with E-state index in [1.165, 1.54) is 17.7 Å². The van der Waals surface area contributed by atoms with Gasteiger partial charge in [-0.3, -0.25) is 0 Å². The summed E-state index contributed by atoms with van der Waals surface area (Å²) in [5.41, 5.74) is 4.54. The molecule has 0 radical (unpaired) electrons. The van der Waals surface area contributed by atoms with Crippen molar-refractivity contribution in [3.8, 4) is 11.4 Å². The van der Waals surface area contributed by atoms with Crippen molar-refractivity contribution in [2.75, 3.05) is 13.6 Å². The van der Waals surface area contributed by atoms with Gasteiger partial charge < -0.3 is 5.32 Å². The maximum Gasteiger partial charge on any atom is 0.161 e. The minimum absolute atomic E-state index is 0.691. The van der Waals surface area contributed by atoms with Crippen molar-refractivity contribution in [2.45, 2.75) is 26.2 Å². The first-order valence-electron chi connectivity index (χ1n) is 7.45. The Balaban J connectivity index is 1.98. The third-order valence-corrected chi connectivity index (χ3v) is 4.52. The van der Waals surface area contributed by atoms with Crippen LogP contribution in [0, 0.1) is 12.8 Å². The summed E-state index contributed by atoms with van der Waals surface area (Å²) in [7, 11) is 2.01. The lowest BCUT2D eigenvalue weighted by Gasteiger charge is -2.25. The lowest BCUT2D eigenvalue weighted by atomic mass is 9.85. The van der Waals surface area contributed by atoms with Gasteiger partial charge in [-0.2, -0.15) is 0 Å². The number of aromatic nitrogens is 2. The molecule has 1 unspecified atom stereocenters. The number of hydrogen-bond acceptors (Lipinski definition) is 3. The molecule has 1 aromatic carbocycles. The molecule has 3 rings (SSSR count). The van der Waals surface area contributed by atoms with Crippen LogP contribution in [0.4, 0.5) is 0 Å². The first-order valence-corrected chi connectivity index (χ1v) is 7.82. The van der Waals surface area contributed by atoms with Crippen LogP contribution in [0.5, 0.6) is 0 Å². The SMILES string of the molecule is CNCC1CCc2nc(-c3ccccc3Cl)nc(C)c2C1. The van der Waals surface area contributed by atoms with Gasteiger partial charge >= 0.3 is 0 Å². The Morgan fingerprint density at radius 2 is 2.10 bits per heavy atom. The molecule has 0 fully saturated rings. The maximum absolute atomic E-state index is 6.27. The number of rotatable bonds is 3. The van der Waals surface area contributed by atoms with Gasteiger partial charge in [0.15, 0.2) is 5.82 Å². The van der Waals surface area contributed by atoms with Crippen LogP contribution in [-0.4, -0.2) is 23.6 Å². The van der Waals surface area contributed by atoms with Gasteiger partial charge in [-0.1, -0.05) is 23.7 Å². The molecule has 2 aromatic rings. The fourth-order valence-electron chi connectivity index (χ4n) is 3.09. The van der Waals surface area contributed by atoms with Crippen molar-refractivity contribution in [1.82, 2.24) is 15.3 Å². The molecule has 1 heterocycles. The zero-order chi connectivity index (χ0) is 14.8. The number of aryl methyl sites for hydroxylation is 2. The molecule has 1 N–H and O–H groups in total. The van der Waals surface area contributed by atoms with Crippen molar-refractivity contribution in [1.29, 1.82) is 0 Å². The highest BCUT2D eigenvalue weighted by Crippen LogP contribution is 2.30. The van der Waals surface area contributed by atoms with Gasteiger partial charge in [-0.15, -0.1) is 0 Å². The normalized spacial score (nSPS) is 17.6. The van der Waals surface area contributed by atoms with Crippen LogP contribution >= 0.6 is 11.6 Å². The van der Waals surface area contributed by atoms with Gasteiger partial charge in [-0.05, 0) is 63.4 Å². The van der Waals surface area contributed by atoms with Crippen LogP contribution in [0.1, 0.15) is 23.4 Å². The third-order valence-electron chi connectivity index (χ3n) is 4.19. The van der Waals surface area contributed by atoms with E-state index in [-0.39, 0.29) is 0 Å². The van der Waals surface area contributed by atoms with E-state index >= 15 is 0 Å². The molecule has 0 spiro atoms. The van der Waals surface area contributed by atoms with Gasteiger partial charge in [0.2, 0.25) is 0 Å². The number of benzene rings is 1. The van der Waals surface area contributed by atoms with Gasteiger partial charge in [-0.25, -0.2) is 9.97 Å². The van der Waals surface area contributed by atoms with E-state index in [4.69, 9.17) is 21.6 Å². The Hall–Kier alpha value is -1.45. The summed E-state index contributed by atoms with van der Waals surface area (Å²) in [5.74, 6) is 1.44. The minimum Gasteiger partial charge on any atom is -0.319 e. The Morgan fingerprint density at radius 3 is 2.86 bits per heavy atom. The molecule has 0 amide bonds. The largest absolute Gasteiger partial charge is 0.319 e. The van der Waals surface area contributed by atoms with Crippen LogP contribution in [-0.2, 0) is 12.8 Å². The second-order valence-corrected chi connectivity index (χ2v) is 6.11. The average molecular weight is 302 g/mol. The van der Waals surface area contributed by atoms with Crippen molar-refractivity contribution in [3.63, 3.8) is 0 Å². The first kappa shape index (κ1) is 14.5. The summed E-state index contributed by atoms with van der Waals surface area (Å²) in [6.45, 7) is 3.15.